The van der Waals surface area contributed by atoms with Crippen molar-refractivity contribution in [3.05, 3.63) is 29.1 Å². The molecule has 1 aromatic carbocycles. The zero-order valence-electron chi connectivity index (χ0n) is 12.3. The molecule has 1 aromatic rings. The molecule has 7 heteroatoms. The van der Waals surface area contributed by atoms with E-state index in [0.717, 1.165) is 0 Å². The van der Waals surface area contributed by atoms with E-state index in [-0.39, 0.29) is 0 Å². The minimum Gasteiger partial charge on any atom is -0.493 e. The van der Waals surface area contributed by atoms with Crippen molar-refractivity contribution in [2.45, 2.75) is 43.9 Å². The lowest BCUT2D eigenvalue weighted by atomic mass is 9.73. The van der Waals surface area contributed by atoms with Crippen molar-refractivity contribution < 1.29 is 32.5 Å². The highest BCUT2D eigenvalue weighted by atomic mass is 19.4. The van der Waals surface area contributed by atoms with Gasteiger partial charge < -0.3 is 14.9 Å². The van der Waals surface area contributed by atoms with Crippen LogP contribution in [-0.2, 0) is 11.8 Å². The summed E-state index contributed by atoms with van der Waals surface area (Å²) in [7, 11) is 0. The van der Waals surface area contributed by atoms with Crippen LogP contribution in [0.15, 0.2) is 12.1 Å². The number of alkyl halides is 3. The SMILES string of the molecule is CC(C)(C[C@](O)(CO)C(F)(F)F)c1cc(F)cc2c1CCO2. The molecule has 124 valence electrons. The molecule has 0 saturated heterocycles. The first-order valence-corrected chi connectivity index (χ1v) is 6.86. The Hall–Kier alpha value is -1.34. The standard InChI is InChI=1S/C15H18F4O3/c1-13(2,7-14(21,8-20)15(17,18)19)11-5-9(16)6-12-10(11)3-4-22-12/h5-6,20-21H,3-4,7-8H2,1-2H3/t14-/m0/s1. The molecule has 22 heavy (non-hydrogen) atoms. The molecular formula is C15H18F4O3. The molecule has 0 unspecified atom stereocenters. The summed E-state index contributed by atoms with van der Waals surface area (Å²) in [5.74, 6) is -0.286. The van der Waals surface area contributed by atoms with Crippen molar-refractivity contribution in [3.63, 3.8) is 0 Å². The van der Waals surface area contributed by atoms with Gasteiger partial charge >= 0.3 is 6.18 Å². The van der Waals surface area contributed by atoms with Gasteiger partial charge in [0.1, 0.15) is 11.6 Å². The normalized spacial score (nSPS) is 17.8. The largest absolute Gasteiger partial charge is 0.493 e. The molecule has 3 nitrogen and oxygen atoms in total. The monoisotopic (exact) mass is 322 g/mol. The van der Waals surface area contributed by atoms with Crippen molar-refractivity contribution in [2.24, 2.45) is 0 Å². The van der Waals surface area contributed by atoms with Gasteiger partial charge in [-0.25, -0.2) is 4.39 Å². The van der Waals surface area contributed by atoms with Crippen molar-refractivity contribution in [2.75, 3.05) is 13.2 Å². The highest BCUT2D eigenvalue weighted by molar-refractivity contribution is 5.46. The molecule has 0 spiro atoms. The van der Waals surface area contributed by atoms with Crippen LogP contribution in [0.2, 0.25) is 0 Å². The molecule has 0 radical (unpaired) electrons. The predicted octanol–water partition coefficient (Wildman–Crippen LogP) is 2.71. The number of hydrogen-bond acceptors (Lipinski definition) is 3. The smallest absolute Gasteiger partial charge is 0.419 e. The van der Waals surface area contributed by atoms with E-state index in [9.17, 15) is 22.7 Å². The molecule has 1 atom stereocenters. The lowest BCUT2D eigenvalue weighted by Gasteiger charge is -2.37. The van der Waals surface area contributed by atoms with Gasteiger partial charge in [0.25, 0.3) is 0 Å². The zero-order valence-corrected chi connectivity index (χ0v) is 12.3. The van der Waals surface area contributed by atoms with Gasteiger partial charge in [-0.05, 0) is 23.5 Å². The van der Waals surface area contributed by atoms with Gasteiger partial charge in [0.05, 0.1) is 13.2 Å². The van der Waals surface area contributed by atoms with E-state index in [0.29, 0.717) is 29.9 Å². The highest BCUT2D eigenvalue weighted by Gasteiger charge is 2.56. The average molecular weight is 322 g/mol. The van der Waals surface area contributed by atoms with Gasteiger partial charge in [0.15, 0.2) is 5.60 Å². The summed E-state index contributed by atoms with van der Waals surface area (Å²) in [6.45, 7) is 1.85. The van der Waals surface area contributed by atoms with Gasteiger partial charge in [-0.15, -0.1) is 0 Å². The first-order chi connectivity index (χ1) is 10.00. The third-order valence-electron chi connectivity index (χ3n) is 4.04. The number of aliphatic hydroxyl groups excluding tert-OH is 1. The molecule has 2 rings (SSSR count). The Kier molecular flexibility index (Phi) is 4.16. The van der Waals surface area contributed by atoms with E-state index < -0.39 is 36.0 Å². The highest BCUT2D eigenvalue weighted by Crippen LogP contribution is 2.44. The van der Waals surface area contributed by atoms with Gasteiger partial charge in [-0.3, -0.25) is 0 Å². The fourth-order valence-corrected chi connectivity index (χ4v) is 2.94. The molecular weight excluding hydrogens is 304 g/mol. The van der Waals surface area contributed by atoms with E-state index in [1.54, 1.807) is 0 Å². The maximum absolute atomic E-state index is 13.7. The van der Waals surface area contributed by atoms with Crippen LogP contribution < -0.4 is 4.74 Å². The number of aliphatic hydroxyl groups is 2. The Labute approximate surface area is 125 Å². The first kappa shape index (κ1) is 17.0. The third kappa shape index (κ3) is 2.92. The van der Waals surface area contributed by atoms with E-state index in [1.165, 1.54) is 26.0 Å². The van der Waals surface area contributed by atoms with Crippen LogP contribution in [0.25, 0.3) is 0 Å². The van der Waals surface area contributed by atoms with Crippen molar-refractivity contribution >= 4 is 0 Å². The van der Waals surface area contributed by atoms with Crippen molar-refractivity contribution in [3.8, 4) is 5.75 Å². The summed E-state index contributed by atoms with van der Waals surface area (Å²) in [4.78, 5) is 0. The van der Waals surface area contributed by atoms with E-state index >= 15 is 0 Å². The van der Waals surface area contributed by atoms with Crippen LogP contribution >= 0.6 is 0 Å². The Bertz CT molecular complexity index is 569. The number of hydrogen-bond donors (Lipinski definition) is 2. The number of halogens is 4. The second kappa shape index (κ2) is 5.38. The van der Waals surface area contributed by atoms with Gasteiger partial charge in [0, 0.05) is 18.1 Å². The Morgan fingerprint density at radius 3 is 2.41 bits per heavy atom. The summed E-state index contributed by atoms with van der Waals surface area (Å²) >= 11 is 0. The summed E-state index contributed by atoms with van der Waals surface area (Å²) in [5.41, 5.74) is -3.44. The van der Waals surface area contributed by atoms with Crippen molar-refractivity contribution in [1.29, 1.82) is 0 Å². The quantitative estimate of drug-likeness (QED) is 0.838. The van der Waals surface area contributed by atoms with Crippen molar-refractivity contribution in [1.82, 2.24) is 0 Å². The lowest BCUT2D eigenvalue weighted by Crippen LogP contribution is -2.52. The van der Waals surface area contributed by atoms with Gasteiger partial charge in [-0.2, -0.15) is 13.2 Å². The van der Waals surface area contributed by atoms with Crippen LogP contribution in [0.4, 0.5) is 17.6 Å². The molecule has 0 amide bonds. The van der Waals surface area contributed by atoms with E-state index in [1.807, 2.05) is 0 Å². The summed E-state index contributed by atoms with van der Waals surface area (Å²) in [5, 5.41) is 18.8. The summed E-state index contributed by atoms with van der Waals surface area (Å²) in [6, 6.07) is 2.37. The molecule has 0 fully saturated rings. The lowest BCUT2D eigenvalue weighted by molar-refractivity contribution is -0.277. The van der Waals surface area contributed by atoms with Crippen LogP contribution in [0.1, 0.15) is 31.4 Å². The maximum Gasteiger partial charge on any atom is 0.419 e. The summed E-state index contributed by atoms with van der Waals surface area (Å²) < 4.78 is 57.9. The predicted molar refractivity (Wildman–Crippen MR) is 71.3 cm³/mol. The molecule has 0 aliphatic carbocycles. The number of rotatable bonds is 4. The minimum atomic E-state index is -4.98. The Balaban J connectivity index is 2.43. The van der Waals surface area contributed by atoms with E-state index in [4.69, 9.17) is 9.84 Å². The van der Waals surface area contributed by atoms with Gasteiger partial charge in [-0.1, -0.05) is 13.8 Å². The van der Waals surface area contributed by atoms with Crippen LogP contribution in [0.3, 0.4) is 0 Å². The number of benzene rings is 1. The molecule has 1 aliphatic heterocycles. The second-order valence-corrected chi connectivity index (χ2v) is 6.28. The zero-order chi connectivity index (χ0) is 16.8. The molecule has 2 N–H and O–H groups in total. The maximum atomic E-state index is 13.7. The van der Waals surface area contributed by atoms with Crippen LogP contribution in [0, 0.1) is 5.82 Å². The molecule has 1 heterocycles. The Morgan fingerprint density at radius 1 is 1.23 bits per heavy atom. The third-order valence-corrected chi connectivity index (χ3v) is 4.04. The second-order valence-electron chi connectivity index (χ2n) is 6.28. The fourth-order valence-electron chi connectivity index (χ4n) is 2.94. The number of fused-ring (bicyclic) bond motifs is 1. The van der Waals surface area contributed by atoms with Crippen LogP contribution in [0.5, 0.6) is 5.75 Å². The summed E-state index contributed by atoms with van der Waals surface area (Å²) in [6.07, 6.45) is -5.29. The van der Waals surface area contributed by atoms with Crippen LogP contribution in [-0.4, -0.2) is 35.2 Å². The van der Waals surface area contributed by atoms with E-state index in [2.05, 4.69) is 0 Å². The molecule has 0 aromatic heterocycles. The average Bonchev–Trinajstić information content (AvgIpc) is 2.83. The fraction of sp³-hybridized carbons (Fsp3) is 0.600. The first-order valence-electron chi connectivity index (χ1n) is 6.86. The van der Waals surface area contributed by atoms with Gasteiger partial charge in [0.2, 0.25) is 0 Å². The molecule has 0 bridgehead atoms. The minimum absolute atomic E-state index is 0.322. The topological polar surface area (TPSA) is 49.7 Å². The molecule has 0 saturated carbocycles. The Morgan fingerprint density at radius 2 is 1.86 bits per heavy atom. The molecule has 1 aliphatic rings. The number of ether oxygens (including phenoxy) is 1.